The van der Waals surface area contributed by atoms with Crippen molar-refractivity contribution >= 4 is 68.1 Å². The van der Waals surface area contributed by atoms with Crippen molar-refractivity contribution in [2.75, 3.05) is 6.61 Å². The lowest BCUT2D eigenvalue weighted by Gasteiger charge is -2.15. The van der Waals surface area contributed by atoms with Gasteiger partial charge in [0.15, 0.2) is 11.5 Å². The fourth-order valence-corrected chi connectivity index (χ4v) is 5.30. The van der Waals surface area contributed by atoms with Crippen LogP contribution in [0.5, 0.6) is 11.5 Å². The van der Waals surface area contributed by atoms with Gasteiger partial charge in [-0.3, -0.25) is 14.5 Å². The van der Waals surface area contributed by atoms with Gasteiger partial charge < -0.3 is 9.47 Å². The summed E-state index contributed by atoms with van der Waals surface area (Å²) in [5.41, 5.74) is 2.06. The Labute approximate surface area is 230 Å². The Hall–Kier alpha value is -2.52. The van der Waals surface area contributed by atoms with E-state index in [4.69, 9.17) is 32.7 Å². The number of hydrogen-bond donors (Lipinski definition) is 0. The van der Waals surface area contributed by atoms with Crippen LogP contribution in [0.4, 0.5) is 9.18 Å². The van der Waals surface area contributed by atoms with Gasteiger partial charge in [-0.25, -0.2) is 4.39 Å². The number of thioether (sulfide) groups is 1. The number of amides is 2. The number of benzene rings is 3. The molecule has 3 aromatic rings. The molecule has 2 amide bonds. The van der Waals surface area contributed by atoms with E-state index >= 15 is 0 Å². The van der Waals surface area contributed by atoms with E-state index < -0.39 is 5.91 Å². The van der Waals surface area contributed by atoms with Crippen LogP contribution < -0.4 is 9.47 Å². The summed E-state index contributed by atoms with van der Waals surface area (Å²) in [4.78, 5) is 26.8. The average Bonchev–Trinajstić information content (AvgIpc) is 3.08. The van der Waals surface area contributed by atoms with E-state index in [0.29, 0.717) is 43.8 Å². The first-order chi connectivity index (χ1) is 17.2. The molecule has 3 aromatic carbocycles. The highest BCUT2D eigenvalue weighted by atomic mass is 79.9. The second-order valence-electron chi connectivity index (χ2n) is 7.68. The molecule has 0 aromatic heterocycles. The molecular formula is C26H19BrCl2FNO4S. The molecule has 0 unspecified atom stereocenters. The highest BCUT2D eigenvalue weighted by Crippen LogP contribution is 2.40. The Morgan fingerprint density at radius 1 is 1.06 bits per heavy atom. The molecule has 5 nitrogen and oxygen atoms in total. The van der Waals surface area contributed by atoms with Crippen LogP contribution in [0, 0.1) is 5.82 Å². The second-order valence-corrected chi connectivity index (χ2v) is 10.4. The van der Waals surface area contributed by atoms with E-state index in [9.17, 15) is 14.0 Å². The van der Waals surface area contributed by atoms with Crippen molar-refractivity contribution in [3.05, 3.63) is 96.5 Å². The summed E-state index contributed by atoms with van der Waals surface area (Å²) in [5.74, 6) is 0.145. The van der Waals surface area contributed by atoms with Crippen molar-refractivity contribution in [2.24, 2.45) is 0 Å². The largest absolute Gasteiger partial charge is 0.490 e. The molecule has 0 aliphatic carbocycles. The second kappa shape index (κ2) is 11.7. The lowest BCUT2D eigenvalue weighted by molar-refractivity contribution is -0.123. The number of hydrogen-bond acceptors (Lipinski definition) is 5. The van der Waals surface area contributed by atoms with E-state index in [2.05, 4.69) is 15.9 Å². The quantitative estimate of drug-likeness (QED) is 0.241. The normalized spacial score (nSPS) is 14.6. The minimum atomic E-state index is -0.416. The molecular weight excluding hydrogens is 592 g/mol. The number of carbonyl (C=O) groups is 2. The first kappa shape index (κ1) is 26.5. The summed E-state index contributed by atoms with van der Waals surface area (Å²) in [6.45, 7) is 2.50. The zero-order valence-corrected chi connectivity index (χ0v) is 22.8. The third-order valence-corrected chi connectivity index (χ3v) is 7.23. The van der Waals surface area contributed by atoms with E-state index in [1.807, 2.05) is 6.92 Å². The zero-order chi connectivity index (χ0) is 25.8. The van der Waals surface area contributed by atoms with Gasteiger partial charge >= 0.3 is 0 Å². The molecule has 1 heterocycles. The average molecular weight is 611 g/mol. The van der Waals surface area contributed by atoms with Crippen LogP contribution in [0.3, 0.4) is 0 Å². The number of halogens is 4. The summed E-state index contributed by atoms with van der Waals surface area (Å²) in [6, 6.07) is 14.4. The Balaban J connectivity index is 1.55. The van der Waals surface area contributed by atoms with Crippen molar-refractivity contribution in [3.63, 3.8) is 0 Å². The molecule has 0 saturated carbocycles. The molecule has 4 rings (SSSR count). The number of rotatable bonds is 8. The maximum atomic E-state index is 13.2. The Bertz CT molecular complexity index is 1350. The number of ether oxygens (including phenoxy) is 2. The fraction of sp³-hybridized carbons (Fsp3) is 0.154. The van der Waals surface area contributed by atoms with Gasteiger partial charge in [0.1, 0.15) is 12.4 Å². The summed E-state index contributed by atoms with van der Waals surface area (Å²) < 4.78 is 25.6. The Morgan fingerprint density at radius 2 is 1.81 bits per heavy atom. The first-order valence-corrected chi connectivity index (χ1v) is 13.1. The molecule has 0 spiro atoms. The Morgan fingerprint density at radius 3 is 2.50 bits per heavy atom. The van der Waals surface area contributed by atoms with Crippen LogP contribution in [0.25, 0.3) is 6.08 Å². The van der Waals surface area contributed by atoms with Crippen LogP contribution in [-0.2, 0) is 17.9 Å². The highest BCUT2D eigenvalue weighted by molar-refractivity contribution is 9.10. The summed E-state index contributed by atoms with van der Waals surface area (Å²) in [6.07, 6.45) is 1.63. The lowest BCUT2D eigenvalue weighted by atomic mass is 10.1. The minimum absolute atomic E-state index is 0.0657. The monoisotopic (exact) mass is 609 g/mol. The highest BCUT2D eigenvalue weighted by Gasteiger charge is 2.35. The molecule has 186 valence electrons. The maximum Gasteiger partial charge on any atom is 0.293 e. The molecule has 1 fully saturated rings. The van der Waals surface area contributed by atoms with Crippen LogP contribution in [0.2, 0.25) is 10.0 Å². The van der Waals surface area contributed by atoms with Gasteiger partial charge in [0.25, 0.3) is 11.1 Å². The smallest absolute Gasteiger partial charge is 0.293 e. The molecule has 0 N–H and O–H groups in total. The van der Waals surface area contributed by atoms with Crippen molar-refractivity contribution in [3.8, 4) is 11.5 Å². The molecule has 10 heteroatoms. The Kier molecular flexibility index (Phi) is 8.62. The van der Waals surface area contributed by atoms with Crippen LogP contribution in [0.1, 0.15) is 23.6 Å². The van der Waals surface area contributed by atoms with Gasteiger partial charge in [-0.15, -0.1) is 0 Å². The van der Waals surface area contributed by atoms with Crippen molar-refractivity contribution in [1.82, 2.24) is 4.90 Å². The fourth-order valence-electron chi connectivity index (χ4n) is 3.42. The van der Waals surface area contributed by atoms with Gasteiger partial charge in [-0.2, -0.15) is 0 Å². The van der Waals surface area contributed by atoms with E-state index in [-0.39, 0.29) is 29.1 Å². The van der Waals surface area contributed by atoms with Gasteiger partial charge in [0.2, 0.25) is 0 Å². The number of carbonyl (C=O) groups excluding carboxylic acids is 2. The standard InChI is InChI=1S/C26H19BrCl2FNO4S/c1-2-34-22-10-16(9-20(27)24(22)35-14-17-5-6-18(28)12-21(17)29)11-23-25(32)31(26(33)36-23)13-15-3-7-19(30)8-4-15/h3-12H,2,13-14H2,1H3/b23-11-. The minimum Gasteiger partial charge on any atom is -0.490 e. The van der Waals surface area contributed by atoms with Crippen molar-refractivity contribution < 1.29 is 23.5 Å². The molecule has 0 radical (unpaired) electrons. The molecule has 1 saturated heterocycles. The van der Waals surface area contributed by atoms with Gasteiger partial charge in [-0.1, -0.05) is 41.4 Å². The third kappa shape index (κ3) is 6.24. The van der Waals surface area contributed by atoms with Crippen LogP contribution in [0.15, 0.2) is 64.0 Å². The van der Waals surface area contributed by atoms with E-state index in [0.717, 1.165) is 22.2 Å². The summed E-state index contributed by atoms with van der Waals surface area (Å²) in [7, 11) is 0. The maximum absolute atomic E-state index is 13.2. The summed E-state index contributed by atoms with van der Waals surface area (Å²) >= 11 is 16.6. The zero-order valence-electron chi connectivity index (χ0n) is 18.9. The van der Waals surface area contributed by atoms with Gasteiger partial charge in [-0.05, 0) is 88.2 Å². The first-order valence-electron chi connectivity index (χ1n) is 10.8. The van der Waals surface area contributed by atoms with Crippen LogP contribution in [-0.4, -0.2) is 22.7 Å². The van der Waals surface area contributed by atoms with Gasteiger partial charge in [0.05, 0.1) is 22.5 Å². The molecule has 1 aliphatic heterocycles. The number of nitrogens with zero attached hydrogens (tertiary/aromatic N) is 1. The lowest BCUT2D eigenvalue weighted by Crippen LogP contribution is -2.27. The topological polar surface area (TPSA) is 55.8 Å². The van der Waals surface area contributed by atoms with Crippen LogP contribution >= 0.6 is 50.9 Å². The van der Waals surface area contributed by atoms with Crippen molar-refractivity contribution in [2.45, 2.75) is 20.1 Å². The number of imide groups is 1. The van der Waals surface area contributed by atoms with Crippen molar-refractivity contribution in [1.29, 1.82) is 0 Å². The molecule has 0 bridgehead atoms. The molecule has 1 aliphatic rings. The molecule has 36 heavy (non-hydrogen) atoms. The summed E-state index contributed by atoms with van der Waals surface area (Å²) in [5, 5.41) is 0.635. The molecule has 0 atom stereocenters. The van der Waals surface area contributed by atoms with E-state index in [1.54, 1.807) is 48.5 Å². The predicted octanol–water partition coefficient (Wildman–Crippen LogP) is 8.11. The van der Waals surface area contributed by atoms with Gasteiger partial charge in [0, 0.05) is 15.6 Å². The van der Waals surface area contributed by atoms with E-state index in [1.165, 1.54) is 12.1 Å². The SMILES string of the molecule is CCOc1cc(/C=C2\SC(=O)N(Cc3ccc(F)cc3)C2=O)cc(Br)c1OCc1ccc(Cl)cc1Cl. The predicted molar refractivity (Wildman–Crippen MR) is 144 cm³/mol. The third-order valence-electron chi connectivity index (χ3n) is 5.14.